The third-order valence-corrected chi connectivity index (χ3v) is 5.21. The van der Waals surface area contributed by atoms with Gasteiger partial charge in [-0.1, -0.05) is 0 Å². The molecule has 0 spiro atoms. The van der Waals surface area contributed by atoms with Crippen molar-refractivity contribution in [3.8, 4) is 11.5 Å². The molecule has 19 heavy (non-hydrogen) atoms. The number of ether oxygens (including phenoxy) is 2. The molecule has 0 saturated carbocycles. The highest BCUT2D eigenvalue weighted by molar-refractivity contribution is 14.1. The van der Waals surface area contributed by atoms with Gasteiger partial charge in [0, 0.05) is 5.56 Å². The van der Waals surface area contributed by atoms with Crippen LogP contribution in [0.5, 0.6) is 11.5 Å². The predicted molar refractivity (Wildman–Crippen MR) is 90.3 cm³/mol. The maximum Gasteiger partial charge on any atom is 0.133 e. The van der Waals surface area contributed by atoms with E-state index in [4.69, 9.17) is 15.2 Å². The zero-order chi connectivity index (χ0) is 14.0. The lowest BCUT2D eigenvalue weighted by molar-refractivity contribution is 0.395. The Bertz CT molecular complexity index is 588. The number of nitrogens with two attached hydrogens (primary N) is 1. The number of benzene rings is 1. The SMILES string of the molecule is COc1cc(C(N)c2csc(I)c2)c(OC)cc1Br. The first kappa shape index (κ1) is 15.1. The van der Waals surface area contributed by atoms with Crippen molar-refractivity contribution in [1.29, 1.82) is 0 Å². The van der Waals surface area contributed by atoms with Gasteiger partial charge in [-0.2, -0.15) is 0 Å². The minimum absolute atomic E-state index is 0.225. The zero-order valence-electron chi connectivity index (χ0n) is 10.4. The molecule has 1 aromatic heterocycles. The highest BCUT2D eigenvalue weighted by Gasteiger charge is 2.18. The number of hydrogen-bond acceptors (Lipinski definition) is 4. The lowest BCUT2D eigenvalue weighted by atomic mass is 10.0. The van der Waals surface area contributed by atoms with Gasteiger partial charge in [0.1, 0.15) is 11.5 Å². The summed E-state index contributed by atoms with van der Waals surface area (Å²) in [5.41, 5.74) is 8.33. The predicted octanol–water partition coefficient (Wildman–Crippen LogP) is 4.18. The molecule has 2 N–H and O–H groups in total. The molecule has 1 aromatic carbocycles. The number of hydrogen-bond donors (Lipinski definition) is 1. The van der Waals surface area contributed by atoms with Gasteiger partial charge in [-0.05, 0) is 67.7 Å². The fraction of sp³-hybridized carbons (Fsp3) is 0.231. The summed E-state index contributed by atoms with van der Waals surface area (Å²) in [5, 5.41) is 2.07. The van der Waals surface area contributed by atoms with Gasteiger partial charge in [0.05, 0.1) is 27.6 Å². The first-order valence-corrected chi connectivity index (χ1v) is 8.23. The lowest BCUT2D eigenvalue weighted by Gasteiger charge is -2.17. The Balaban J connectivity index is 2.48. The Hall–Kier alpha value is -0.310. The molecule has 0 aliphatic carbocycles. The van der Waals surface area contributed by atoms with Crippen molar-refractivity contribution < 1.29 is 9.47 Å². The van der Waals surface area contributed by atoms with Crippen LogP contribution in [0.3, 0.4) is 0 Å². The maximum atomic E-state index is 6.33. The molecular formula is C13H13BrINO2S. The summed E-state index contributed by atoms with van der Waals surface area (Å²) in [4.78, 5) is 0. The summed E-state index contributed by atoms with van der Waals surface area (Å²) < 4.78 is 12.8. The van der Waals surface area contributed by atoms with E-state index in [0.717, 1.165) is 27.1 Å². The molecule has 0 bridgehead atoms. The van der Waals surface area contributed by atoms with Crippen molar-refractivity contribution in [2.24, 2.45) is 5.73 Å². The summed E-state index contributed by atoms with van der Waals surface area (Å²) in [7, 11) is 3.28. The molecule has 3 nitrogen and oxygen atoms in total. The van der Waals surface area contributed by atoms with Crippen LogP contribution in [0.2, 0.25) is 0 Å². The number of rotatable bonds is 4. The van der Waals surface area contributed by atoms with Crippen LogP contribution < -0.4 is 15.2 Å². The Morgan fingerprint density at radius 2 is 1.89 bits per heavy atom. The molecule has 6 heteroatoms. The molecule has 102 valence electrons. The highest BCUT2D eigenvalue weighted by atomic mass is 127. The van der Waals surface area contributed by atoms with Crippen LogP contribution in [0.15, 0.2) is 28.1 Å². The quantitative estimate of drug-likeness (QED) is 0.706. The van der Waals surface area contributed by atoms with Gasteiger partial charge in [-0.15, -0.1) is 11.3 Å². The van der Waals surface area contributed by atoms with Crippen LogP contribution in [-0.4, -0.2) is 14.2 Å². The van der Waals surface area contributed by atoms with Crippen LogP contribution in [-0.2, 0) is 0 Å². The third-order valence-electron chi connectivity index (χ3n) is 2.79. The average Bonchev–Trinajstić information content (AvgIpc) is 2.84. The normalized spacial score (nSPS) is 12.3. The Morgan fingerprint density at radius 3 is 2.42 bits per heavy atom. The van der Waals surface area contributed by atoms with Crippen molar-refractivity contribution >= 4 is 49.9 Å². The second-order valence-electron chi connectivity index (χ2n) is 3.89. The van der Waals surface area contributed by atoms with Crippen molar-refractivity contribution in [2.75, 3.05) is 14.2 Å². The van der Waals surface area contributed by atoms with E-state index in [2.05, 4.69) is 50.0 Å². The summed E-state index contributed by atoms with van der Waals surface area (Å²) in [6.45, 7) is 0. The molecule has 0 amide bonds. The van der Waals surface area contributed by atoms with Gasteiger partial charge in [-0.3, -0.25) is 0 Å². The van der Waals surface area contributed by atoms with Crippen LogP contribution in [0.1, 0.15) is 17.2 Å². The molecule has 0 aliphatic heterocycles. The zero-order valence-corrected chi connectivity index (χ0v) is 15.0. The average molecular weight is 454 g/mol. The molecule has 2 rings (SSSR count). The van der Waals surface area contributed by atoms with E-state index < -0.39 is 0 Å². The van der Waals surface area contributed by atoms with E-state index >= 15 is 0 Å². The molecule has 0 fully saturated rings. The molecule has 1 unspecified atom stereocenters. The minimum atomic E-state index is -0.225. The Labute approximate surface area is 138 Å². The largest absolute Gasteiger partial charge is 0.496 e. The molecule has 1 atom stereocenters. The summed E-state index contributed by atoms with van der Waals surface area (Å²) in [6, 6.07) is 5.66. The monoisotopic (exact) mass is 453 g/mol. The molecule has 0 radical (unpaired) electrons. The van der Waals surface area contributed by atoms with Crippen LogP contribution in [0.4, 0.5) is 0 Å². The molecule has 1 heterocycles. The number of halogens is 2. The summed E-state index contributed by atoms with van der Waals surface area (Å²) in [5.74, 6) is 1.50. The summed E-state index contributed by atoms with van der Waals surface area (Å²) in [6.07, 6.45) is 0. The van der Waals surface area contributed by atoms with Crippen molar-refractivity contribution in [3.05, 3.63) is 42.1 Å². The first-order chi connectivity index (χ1) is 9.06. The van der Waals surface area contributed by atoms with E-state index in [9.17, 15) is 0 Å². The fourth-order valence-electron chi connectivity index (χ4n) is 1.79. The molecule has 2 aromatic rings. The van der Waals surface area contributed by atoms with Gasteiger partial charge in [0.2, 0.25) is 0 Å². The fourth-order valence-corrected chi connectivity index (χ4v) is 3.69. The molecule has 0 aliphatic rings. The molecular weight excluding hydrogens is 441 g/mol. The van der Waals surface area contributed by atoms with Crippen molar-refractivity contribution in [3.63, 3.8) is 0 Å². The standard InChI is InChI=1S/C13H13BrINO2S/c1-17-10-5-9(14)11(18-2)4-8(10)13(16)7-3-12(15)19-6-7/h3-6,13H,16H2,1-2H3. The van der Waals surface area contributed by atoms with Gasteiger partial charge in [-0.25, -0.2) is 0 Å². The van der Waals surface area contributed by atoms with E-state index in [0.29, 0.717) is 0 Å². The highest BCUT2D eigenvalue weighted by Crippen LogP contribution is 2.37. The second-order valence-corrected chi connectivity index (χ2v) is 7.55. The minimum Gasteiger partial charge on any atom is -0.496 e. The van der Waals surface area contributed by atoms with Gasteiger partial charge in [0.15, 0.2) is 0 Å². The van der Waals surface area contributed by atoms with E-state index in [1.54, 1.807) is 25.6 Å². The van der Waals surface area contributed by atoms with Crippen LogP contribution in [0.25, 0.3) is 0 Å². The van der Waals surface area contributed by atoms with Crippen LogP contribution >= 0.6 is 49.9 Å². The maximum absolute atomic E-state index is 6.33. The lowest BCUT2D eigenvalue weighted by Crippen LogP contribution is -2.12. The number of thiophene rings is 1. The van der Waals surface area contributed by atoms with E-state index in [1.807, 2.05) is 12.1 Å². The number of methoxy groups -OCH3 is 2. The Morgan fingerprint density at radius 1 is 1.21 bits per heavy atom. The first-order valence-electron chi connectivity index (χ1n) is 5.47. The van der Waals surface area contributed by atoms with Crippen molar-refractivity contribution in [2.45, 2.75) is 6.04 Å². The van der Waals surface area contributed by atoms with E-state index in [1.165, 1.54) is 2.88 Å². The summed E-state index contributed by atoms with van der Waals surface area (Å²) >= 11 is 7.42. The topological polar surface area (TPSA) is 44.5 Å². The third kappa shape index (κ3) is 3.24. The Kier molecular flexibility index (Phi) is 5.10. The van der Waals surface area contributed by atoms with Gasteiger partial charge >= 0.3 is 0 Å². The smallest absolute Gasteiger partial charge is 0.133 e. The van der Waals surface area contributed by atoms with Gasteiger partial charge in [0.25, 0.3) is 0 Å². The van der Waals surface area contributed by atoms with E-state index in [-0.39, 0.29) is 6.04 Å². The second kappa shape index (κ2) is 6.43. The van der Waals surface area contributed by atoms with Crippen molar-refractivity contribution in [1.82, 2.24) is 0 Å². The molecule has 0 saturated heterocycles. The van der Waals surface area contributed by atoms with Gasteiger partial charge < -0.3 is 15.2 Å². The van der Waals surface area contributed by atoms with Crippen LogP contribution in [0, 0.1) is 2.88 Å².